The van der Waals surface area contributed by atoms with E-state index >= 15 is 0 Å². The summed E-state index contributed by atoms with van der Waals surface area (Å²) < 4.78 is 20.4. The second-order valence-electron chi connectivity index (χ2n) is 5.02. The molecule has 0 aromatic heterocycles. The van der Waals surface area contributed by atoms with E-state index in [0.717, 1.165) is 0 Å². The zero-order valence-corrected chi connectivity index (χ0v) is 14.5. The summed E-state index contributed by atoms with van der Waals surface area (Å²) in [7, 11) is -2.97. The number of hydrogen-bond acceptors (Lipinski definition) is 3. The van der Waals surface area contributed by atoms with Crippen molar-refractivity contribution in [1.82, 2.24) is 4.67 Å². The van der Waals surface area contributed by atoms with E-state index in [9.17, 15) is 4.57 Å². The molecule has 0 spiro atoms. The van der Waals surface area contributed by atoms with Crippen molar-refractivity contribution in [3.8, 4) is 0 Å². The monoisotopic (exact) mass is 311 g/mol. The van der Waals surface area contributed by atoms with E-state index in [-0.39, 0.29) is 4.75 Å². The third kappa shape index (κ3) is 2.55. The minimum Gasteiger partial charge on any atom is -0.307 e. The molecule has 0 saturated carbocycles. The Balaban J connectivity index is 3.30. The van der Waals surface area contributed by atoms with E-state index in [4.69, 9.17) is 16.1 Å². The van der Waals surface area contributed by atoms with Crippen molar-refractivity contribution in [2.75, 3.05) is 19.3 Å². The fourth-order valence-corrected chi connectivity index (χ4v) is 6.36. The first-order valence-corrected chi connectivity index (χ1v) is 9.41. The van der Waals surface area contributed by atoms with Crippen molar-refractivity contribution in [2.45, 2.75) is 45.0 Å². The molecular weight excluding hydrogens is 289 g/mol. The van der Waals surface area contributed by atoms with Crippen molar-refractivity contribution in [1.29, 1.82) is 0 Å². The molecule has 0 fully saturated rings. The molecule has 0 aliphatic carbocycles. The maximum Gasteiger partial charge on any atom is 0.296 e. The lowest BCUT2D eigenvalue weighted by molar-refractivity contribution is 0.0734. The molecule has 2 unspecified atom stereocenters. The lowest BCUT2D eigenvalue weighted by Crippen LogP contribution is -2.49. The molecule has 0 saturated heterocycles. The lowest BCUT2D eigenvalue weighted by atomic mass is 9.91. The average Bonchev–Trinajstić information content (AvgIpc) is 2.26. The Morgan fingerprint density at radius 2 is 1.89 bits per heavy atom. The van der Waals surface area contributed by atoms with Gasteiger partial charge in [0.15, 0.2) is 0 Å². The van der Waals surface area contributed by atoms with Crippen molar-refractivity contribution in [2.24, 2.45) is 0 Å². The van der Waals surface area contributed by atoms with Gasteiger partial charge in [-0.3, -0.25) is 4.57 Å². The quantitative estimate of drug-likeness (QED) is 0.713. The Labute approximate surface area is 120 Å². The predicted octanol–water partition coefficient (Wildman–Crippen LogP) is 4.53. The van der Waals surface area contributed by atoms with Gasteiger partial charge in [-0.1, -0.05) is 25.4 Å². The molecule has 0 N–H and O–H groups in total. The summed E-state index contributed by atoms with van der Waals surface area (Å²) in [6.45, 7) is 11.3. The predicted molar refractivity (Wildman–Crippen MR) is 81.5 cm³/mol. The van der Waals surface area contributed by atoms with Crippen LogP contribution < -0.4 is 0 Å². The van der Waals surface area contributed by atoms with Gasteiger partial charge in [0.2, 0.25) is 0 Å². The fourth-order valence-electron chi connectivity index (χ4n) is 2.09. The van der Waals surface area contributed by atoms with Crippen LogP contribution in [0.3, 0.4) is 0 Å². The Kier molecular flexibility index (Phi) is 5.06. The van der Waals surface area contributed by atoms with Gasteiger partial charge in [-0.15, -0.1) is 0 Å². The average molecular weight is 312 g/mol. The van der Waals surface area contributed by atoms with Crippen LogP contribution in [0.5, 0.6) is 0 Å². The van der Waals surface area contributed by atoms with Crippen molar-refractivity contribution < 1.29 is 9.09 Å². The van der Waals surface area contributed by atoms with Crippen LogP contribution in [-0.2, 0) is 9.09 Å². The first-order chi connectivity index (χ1) is 8.16. The van der Waals surface area contributed by atoms with Crippen molar-refractivity contribution in [3.05, 3.63) is 10.8 Å². The normalized spacial score (nSPS) is 35.7. The summed E-state index contributed by atoms with van der Waals surface area (Å²) in [6.07, 6.45) is 2.00. The molecule has 106 valence electrons. The summed E-state index contributed by atoms with van der Waals surface area (Å²) in [5, 5.41) is 0.626. The van der Waals surface area contributed by atoms with Gasteiger partial charge in [0, 0.05) is 23.9 Å². The van der Waals surface area contributed by atoms with Gasteiger partial charge >= 0.3 is 0 Å². The van der Waals surface area contributed by atoms with Gasteiger partial charge in [-0.2, -0.15) is 11.8 Å². The van der Waals surface area contributed by atoms with Gasteiger partial charge in [0.1, 0.15) is 0 Å². The Hall–Kier alpha value is 0.530. The van der Waals surface area contributed by atoms with Crippen molar-refractivity contribution >= 4 is 30.9 Å². The number of rotatable bonds is 4. The molecule has 1 heterocycles. The van der Waals surface area contributed by atoms with E-state index in [0.29, 0.717) is 18.1 Å². The molecule has 1 aliphatic rings. The highest BCUT2D eigenvalue weighted by molar-refractivity contribution is 8.00. The van der Waals surface area contributed by atoms with Crippen LogP contribution in [0.15, 0.2) is 10.8 Å². The summed E-state index contributed by atoms with van der Waals surface area (Å²) in [4.78, 5) is 0. The third-order valence-electron chi connectivity index (χ3n) is 3.77. The number of thioether (sulfide) groups is 1. The van der Waals surface area contributed by atoms with E-state index < -0.39 is 13.1 Å². The Bertz CT molecular complexity index is 396. The molecule has 3 nitrogen and oxygen atoms in total. The third-order valence-corrected chi connectivity index (χ3v) is 8.71. The second-order valence-corrected chi connectivity index (χ2v) is 8.79. The van der Waals surface area contributed by atoms with Gasteiger partial charge in [0.25, 0.3) is 7.52 Å². The SMILES string of the molecule is CCN(CC)P1(=O)C=C(Cl)C(C)(SC)C(C)(C)O1. The summed E-state index contributed by atoms with van der Waals surface area (Å²) >= 11 is 8.04. The van der Waals surface area contributed by atoms with E-state index in [1.807, 2.05) is 45.5 Å². The minimum atomic E-state index is -2.97. The molecule has 0 aromatic rings. The lowest BCUT2D eigenvalue weighted by Gasteiger charge is -2.48. The highest BCUT2D eigenvalue weighted by atomic mass is 35.5. The largest absolute Gasteiger partial charge is 0.307 e. The summed E-state index contributed by atoms with van der Waals surface area (Å²) in [5.74, 6) is 1.63. The summed E-state index contributed by atoms with van der Waals surface area (Å²) in [6, 6.07) is 0. The first-order valence-electron chi connectivity index (χ1n) is 6.16. The van der Waals surface area contributed by atoms with Crippen LogP contribution in [0, 0.1) is 0 Å². The number of halogens is 1. The highest BCUT2D eigenvalue weighted by Gasteiger charge is 2.53. The van der Waals surface area contributed by atoms with Crippen molar-refractivity contribution in [3.63, 3.8) is 0 Å². The van der Waals surface area contributed by atoms with E-state index in [1.54, 1.807) is 17.6 Å². The number of hydrogen-bond donors (Lipinski definition) is 0. The molecular formula is C12H23ClNO2PS. The molecule has 0 amide bonds. The molecule has 1 rings (SSSR count). The summed E-state index contributed by atoms with van der Waals surface area (Å²) in [5.41, 5.74) is -0.573. The molecule has 0 aromatic carbocycles. The van der Waals surface area contributed by atoms with Crippen LogP contribution >= 0.6 is 30.9 Å². The highest BCUT2D eigenvalue weighted by Crippen LogP contribution is 2.64. The van der Waals surface area contributed by atoms with E-state index in [1.165, 1.54) is 0 Å². The van der Waals surface area contributed by atoms with Gasteiger partial charge in [-0.25, -0.2) is 4.67 Å². The second kappa shape index (κ2) is 5.49. The fraction of sp³-hybridized carbons (Fsp3) is 0.833. The zero-order valence-electron chi connectivity index (χ0n) is 12.0. The molecule has 6 heteroatoms. The molecule has 18 heavy (non-hydrogen) atoms. The number of nitrogens with zero attached hydrogens (tertiary/aromatic N) is 1. The van der Waals surface area contributed by atoms with Crippen LogP contribution in [0.1, 0.15) is 34.6 Å². The van der Waals surface area contributed by atoms with Crippen LogP contribution in [0.2, 0.25) is 0 Å². The standard InChI is InChI=1S/C12H23ClNO2PS/c1-7-14(8-2)17(15)9-10(13)12(5,18-6)11(3,4)16-17/h9H,7-8H2,1-6H3. The molecule has 1 aliphatic heterocycles. The molecule has 0 bridgehead atoms. The Morgan fingerprint density at radius 3 is 2.22 bits per heavy atom. The van der Waals surface area contributed by atoms with Crippen LogP contribution in [0.25, 0.3) is 0 Å². The van der Waals surface area contributed by atoms with Gasteiger partial charge in [0.05, 0.1) is 10.3 Å². The molecule has 0 radical (unpaired) electrons. The van der Waals surface area contributed by atoms with Gasteiger partial charge < -0.3 is 4.52 Å². The Morgan fingerprint density at radius 1 is 1.39 bits per heavy atom. The van der Waals surface area contributed by atoms with Crippen LogP contribution in [-0.4, -0.2) is 34.4 Å². The van der Waals surface area contributed by atoms with E-state index in [2.05, 4.69) is 0 Å². The first kappa shape index (κ1) is 16.6. The maximum atomic E-state index is 13.0. The van der Waals surface area contributed by atoms with Gasteiger partial charge in [-0.05, 0) is 27.0 Å². The topological polar surface area (TPSA) is 29.5 Å². The smallest absolute Gasteiger partial charge is 0.296 e. The van der Waals surface area contributed by atoms with Crippen LogP contribution in [0.4, 0.5) is 0 Å². The molecule has 2 atom stereocenters. The zero-order chi connectivity index (χ0) is 14.2. The minimum absolute atomic E-state index is 0.365. The maximum absolute atomic E-state index is 13.0.